The van der Waals surface area contributed by atoms with Crippen molar-refractivity contribution in [2.24, 2.45) is 0 Å². The molecule has 0 unspecified atom stereocenters. The zero-order valence-corrected chi connectivity index (χ0v) is 29.1. The SMILES string of the molecule is CCCCCCCCCCCC[n+]1cccc(OCCCCCCOc2ccc[n+](CCCCCCCCCCCC)c2)c1. The number of aryl methyl sites for hydroxylation is 2. The van der Waals surface area contributed by atoms with E-state index in [1.165, 1.54) is 141 Å². The van der Waals surface area contributed by atoms with Gasteiger partial charge >= 0.3 is 0 Å². The van der Waals surface area contributed by atoms with Gasteiger partial charge in [-0.25, -0.2) is 9.13 Å². The van der Waals surface area contributed by atoms with Crippen molar-refractivity contribution in [2.75, 3.05) is 13.2 Å². The van der Waals surface area contributed by atoms with Crippen LogP contribution in [0.3, 0.4) is 0 Å². The second-order valence-corrected chi connectivity index (χ2v) is 13.0. The van der Waals surface area contributed by atoms with Crippen LogP contribution in [0.1, 0.15) is 168 Å². The molecule has 4 nitrogen and oxygen atoms in total. The second-order valence-electron chi connectivity index (χ2n) is 13.0. The molecule has 250 valence electrons. The van der Waals surface area contributed by atoms with Crippen LogP contribution in [-0.2, 0) is 13.1 Å². The monoisotopic (exact) mass is 611 g/mol. The predicted molar refractivity (Wildman–Crippen MR) is 186 cm³/mol. The Hall–Kier alpha value is -2.10. The Bertz CT molecular complexity index is 829. The van der Waals surface area contributed by atoms with Gasteiger partial charge in [-0.05, 0) is 50.7 Å². The van der Waals surface area contributed by atoms with Gasteiger partial charge in [-0.3, -0.25) is 0 Å². The van der Waals surface area contributed by atoms with E-state index in [1.54, 1.807) is 0 Å². The van der Waals surface area contributed by atoms with Crippen molar-refractivity contribution in [3.63, 3.8) is 0 Å². The summed E-state index contributed by atoms with van der Waals surface area (Å²) >= 11 is 0. The van der Waals surface area contributed by atoms with Crippen molar-refractivity contribution >= 4 is 0 Å². The van der Waals surface area contributed by atoms with Gasteiger partial charge in [0.1, 0.15) is 13.1 Å². The molecule has 0 fully saturated rings. The summed E-state index contributed by atoms with van der Waals surface area (Å²) in [6.45, 7) is 8.35. The summed E-state index contributed by atoms with van der Waals surface area (Å²) in [5.41, 5.74) is 0. The minimum Gasteiger partial charge on any atom is -0.487 e. The highest BCUT2D eigenvalue weighted by molar-refractivity contribution is 5.13. The van der Waals surface area contributed by atoms with Gasteiger partial charge in [-0.1, -0.05) is 117 Å². The molecule has 0 bridgehead atoms. The summed E-state index contributed by atoms with van der Waals surface area (Å²) in [6.07, 6.45) is 40.9. The minimum absolute atomic E-state index is 0.792. The third kappa shape index (κ3) is 21.6. The molecule has 0 spiro atoms. The fourth-order valence-corrected chi connectivity index (χ4v) is 5.95. The Morgan fingerprint density at radius 3 is 1.09 bits per heavy atom. The van der Waals surface area contributed by atoms with E-state index in [1.807, 2.05) is 0 Å². The van der Waals surface area contributed by atoms with E-state index in [-0.39, 0.29) is 0 Å². The molecule has 2 aromatic rings. The topological polar surface area (TPSA) is 26.2 Å². The van der Waals surface area contributed by atoms with Crippen molar-refractivity contribution in [3.05, 3.63) is 49.1 Å². The van der Waals surface area contributed by atoms with E-state index >= 15 is 0 Å². The maximum Gasteiger partial charge on any atom is 0.211 e. The number of pyridine rings is 2. The average Bonchev–Trinajstić information content (AvgIpc) is 3.04. The van der Waals surface area contributed by atoms with Crippen molar-refractivity contribution in [2.45, 2.75) is 181 Å². The van der Waals surface area contributed by atoms with E-state index < -0.39 is 0 Å². The molecule has 2 aromatic heterocycles. The van der Waals surface area contributed by atoms with Crippen LogP contribution in [0.4, 0.5) is 0 Å². The summed E-state index contributed by atoms with van der Waals surface area (Å²) in [5, 5.41) is 0. The standard InChI is InChI=1S/C40H70N2O2/c1-3-5-7-9-11-13-15-17-19-23-31-41-33-27-29-39(37-41)43-35-25-21-22-26-36-44-40-30-28-34-42(38-40)32-24-20-18-16-14-12-10-8-6-4-2/h27-30,33-34,37-38H,3-26,31-32,35-36H2,1-2H3/q+2. The van der Waals surface area contributed by atoms with E-state index in [0.717, 1.165) is 50.6 Å². The van der Waals surface area contributed by atoms with Crippen LogP contribution >= 0.6 is 0 Å². The van der Waals surface area contributed by atoms with Gasteiger partial charge in [0.2, 0.25) is 12.4 Å². The Labute approximate surface area is 273 Å². The van der Waals surface area contributed by atoms with Crippen LogP contribution in [0, 0.1) is 0 Å². The molecule has 44 heavy (non-hydrogen) atoms. The quantitative estimate of drug-likeness (QED) is 0.0627. The maximum atomic E-state index is 6.06. The molecule has 0 saturated carbocycles. The molecule has 4 heteroatoms. The van der Waals surface area contributed by atoms with Gasteiger partial charge < -0.3 is 9.47 Å². The Balaban J connectivity index is 1.42. The average molecular weight is 611 g/mol. The van der Waals surface area contributed by atoms with E-state index in [9.17, 15) is 0 Å². The number of aromatic nitrogens is 2. The van der Waals surface area contributed by atoms with Gasteiger partial charge in [-0.15, -0.1) is 0 Å². The third-order valence-corrected chi connectivity index (χ3v) is 8.78. The van der Waals surface area contributed by atoms with Gasteiger partial charge in [0, 0.05) is 25.0 Å². The molecule has 0 aromatic carbocycles. The Kier molecular flexibility index (Phi) is 24.6. The normalized spacial score (nSPS) is 11.2. The lowest BCUT2D eigenvalue weighted by atomic mass is 10.1. The number of rotatable bonds is 31. The van der Waals surface area contributed by atoms with E-state index in [4.69, 9.17) is 9.47 Å². The summed E-state index contributed by atoms with van der Waals surface area (Å²) in [6, 6.07) is 8.41. The van der Waals surface area contributed by atoms with E-state index in [2.05, 4.69) is 72.0 Å². The molecule has 0 aliphatic carbocycles. The summed E-state index contributed by atoms with van der Waals surface area (Å²) in [5.74, 6) is 2.00. The first-order chi connectivity index (χ1) is 21.8. The van der Waals surface area contributed by atoms with Crippen LogP contribution in [0.15, 0.2) is 49.1 Å². The highest BCUT2D eigenvalue weighted by Gasteiger charge is 2.06. The Morgan fingerprint density at radius 1 is 0.409 bits per heavy atom. The molecule has 2 heterocycles. The first-order valence-corrected chi connectivity index (χ1v) is 19.1. The Morgan fingerprint density at radius 2 is 0.727 bits per heavy atom. The molecule has 0 aliphatic heterocycles. The number of hydrogen-bond donors (Lipinski definition) is 0. The lowest BCUT2D eigenvalue weighted by Crippen LogP contribution is -2.32. The largest absolute Gasteiger partial charge is 0.487 e. The fourth-order valence-electron chi connectivity index (χ4n) is 5.95. The number of unbranched alkanes of at least 4 members (excludes halogenated alkanes) is 21. The molecule has 0 saturated heterocycles. The molecule has 0 atom stereocenters. The van der Waals surface area contributed by atoms with Crippen LogP contribution in [0.2, 0.25) is 0 Å². The smallest absolute Gasteiger partial charge is 0.211 e. The van der Waals surface area contributed by atoms with Gasteiger partial charge in [0.15, 0.2) is 23.9 Å². The second kappa shape index (κ2) is 28.4. The van der Waals surface area contributed by atoms with Crippen LogP contribution in [0.25, 0.3) is 0 Å². The summed E-state index contributed by atoms with van der Waals surface area (Å²) in [4.78, 5) is 0. The number of hydrogen-bond acceptors (Lipinski definition) is 2. The first-order valence-electron chi connectivity index (χ1n) is 19.1. The molecular formula is C40H70N2O2+2. The number of ether oxygens (including phenoxy) is 2. The van der Waals surface area contributed by atoms with Crippen LogP contribution in [-0.4, -0.2) is 13.2 Å². The number of nitrogens with zero attached hydrogens (tertiary/aromatic N) is 2. The predicted octanol–water partition coefficient (Wildman–Crippen LogP) is 11.1. The zero-order chi connectivity index (χ0) is 31.2. The minimum atomic E-state index is 0.792. The lowest BCUT2D eigenvalue weighted by Gasteiger charge is -2.07. The molecule has 0 amide bonds. The first kappa shape index (κ1) is 38.1. The third-order valence-electron chi connectivity index (χ3n) is 8.78. The maximum absolute atomic E-state index is 6.06. The van der Waals surface area contributed by atoms with Crippen LogP contribution in [0.5, 0.6) is 11.5 Å². The van der Waals surface area contributed by atoms with Crippen LogP contribution < -0.4 is 18.6 Å². The van der Waals surface area contributed by atoms with Gasteiger partial charge in [-0.2, -0.15) is 0 Å². The molecule has 2 rings (SSSR count). The van der Waals surface area contributed by atoms with Gasteiger partial charge in [0.05, 0.1) is 13.2 Å². The summed E-state index contributed by atoms with van der Waals surface area (Å²) in [7, 11) is 0. The van der Waals surface area contributed by atoms with Crippen molar-refractivity contribution in [3.8, 4) is 11.5 Å². The zero-order valence-electron chi connectivity index (χ0n) is 29.1. The van der Waals surface area contributed by atoms with E-state index in [0.29, 0.717) is 0 Å². The highest BCUT2D eigenvalue weighted by atomic mass is 16.5. The van der Waals surface area contributed by atoms with Crippen molar-refractivity contribution in [1.82, 2.24) is 0 Å². The molecule has 0 radical (unpaired) electrons. The summed E-state index contributed by atoms with van der Waals surface area (Å²) < 4.78 is 16.7. The lowest BCUT2D eigenvalue weighted by molar-refractivity contribution is -0.697. The molecule has 0 N–H and O–H groups in total. The molecular weight excluding hydrogens is 540 g/mol. The van der Waals surface area contributed by atoms with Crippen molar-refractivity contribution < 1.29 is 18.6 Å². The fraction of sp³-hybridized carbons (Fsp3) is 0.750. The highest BCUT2D eigenvalue weighted by Crippen LogP contribution is 2.13. The van der Waals surface area contributed by atoms with Crippen molar-refractivity contribution in [1.29, 1.82) is 0 Å². The van der Waals surface area contributed by atoms with Gasteiger partial charge in [0.25, 0.3) is 0 Å². The molecule has 0 aliphatic rings.